The van der Waals surface area contributed by atoms with Gasteiger partial charge in [-0.05, 0) is 0 Å². The molecule has 1 aromatic rings. The predicted molar refractivity (Wildman–Crippen MR) is 37.2 cm³/mol. The second kappa shape index (κ2) is 15.7. The largest absolute Gasteiger partial charge is 0.214 e. The minimum absolute atomic E-state index is 0. The van der Waals surface area contributed by atoms with Crippen LogP contribution in [0.25, 0.3) is 0 Å². The fourth-order valence-electron chi connectivity index (χ4n) is 0.321. The number of hydrogen-bond acceptors (Lipinski definition) is 1. The Bertz CT molecular complexity index is 81.9. The Kier molecular flexibility index (Phi) is 28.3. The molecule has 0 heterocycles. The van der Waals surface area contributed by atoms with Crippen molar-refractivity contribution in [3.63, 3.8) is 0 Å². The van der Waals surface area contributed by atoms with Crippen LogP contribution >= 0.6 is 24.8 Å². The van der Waals surface area contributed by atoms with Crippen molar-refractivity contribution in [2.75, 3.05) is 0 Å². The summed E-state index contributed by atoms with van der Waals surface area (Å²) in [5, 5.41) is 0. The van der Waals surface area contributed by atoms with Gasteiger partial charge in [0.1, 0.15) is 0 Å². The van der Waals surface area contributed by atoms with Crippen molar-refractivity contribution in [3.8, 4) is 0 Å². The molecule has 0 saturated heterocycles. The molecule has 1 rings (SSSR count). The van der Waals surface area contributed by atoms with E-state index in [2.05, 4.69) is 0 Å². The van der Waals surface area contributed by atoms with Gasteiger partial charge >= 0.3 is 21.0 Å². The van der Waals surface area contributed by atoms with Crippen LogP contribution in [-0.4, -0.2) is 0 Å². The molecular formula is C5H7Cl2OV-. The van der Waals surface area contributed by atoms with Crippen LogP contribution in [0.2, 0.25) is 0 Å². The Morgan fingerprint density at radius 2 is 1.33 bits per heavy atom. The van der Waals surface area contributed by atoms with Gasteiger partial charge in [-0.1, -0.05) is 0 Å². The third-order valence-corrected chi connectivity index (χ3v) is 0.556. The summed E-state index contributed by atoms with van der Waals surface area (Å²) in [4.78, 5) is 0. The minimum atomic E-state index is 0. The van der Waals surface area contributed by atoms with Gasteiger partial charge in [-0.25, -0.2) is 12.1 Å². The molecule has 0 atom stereocenters. The van der Waals surface area contributed by atoms with E-state index in [0.717, 1.165) is 17.4 Å². The second-order valence-electron chi connectivity index (χ2n) is 0.962. The van der Waals surface area contributed by atoms with Crippen molar-refractivity contribution in [2.45, 2.75) is 0 Å². The van der Waals surface area contributed by atoms with Crippen molar-refractivity contribution < 1.29 is 21.0 Å². The summed E-state index contributed by atoms with van der Waals surface area (Å²) < 4.78 is 8.19. The van der Waals surface area contributed by atoms with E-state index in [1.54, 1.807) is 0 Å². The fraction of sp³-hybridized carbons (Fsp3) is 0. The first kappa shape index (κ1) is 16.1. The number of hydrogen-bond donors (Lipinski definition) is 0. The van der Waals surface area contributed by atoms with Gasteiger partial charge in [0.05, 0.1) is 0 Å². The molecule has 0 aromatic heterocycles. The summed E-state index contributed by atoms with van der Waals surface area (Å²) in [7, 11) is 0. The van der Waals surface area contributed by atoms with E-state index in [-0.39, 0.29) is 24.8 Å². The normalized spacial score (nSPS) is 4.78. The van der Waals surface area contributed by atoms with E-state index >= 15 is 0 Å². The molecule has 1 nitrogen and oxygen atoms in total. The molecule has 4 heteroatoms. The molecule has 0 saturated carbocycles. The zero-order valence-corrected chi connectivity index (χ0v) is 7.59. The Labute approximate surface area is 76.2 Å². The van der Waals surface area contributed by atoms with Crippen LogP contribution in [0.15, 0.2) is 30.3 Å². The average Bonchev–Trinajstić information content (AvgIpc) is 2.23. The van der Waals surface area contributed by atoms with Crippen molar-refractivity contribution in [2.24, 2.45) is 0 Å². The van der Waals surface area contributed by atoms with E-state index < -0.39 is 0 Å². The molecule has 0 aliphatic carbocycles. The monoisotopic (exact) mass is 204 g/mol. The summed E-state index contributed by atoms with van der Waals surface area (Å²) in [6.07, 6.45) is 0. The molecule has 0 fully saturated rings. The van der Waals surface area contributed by atoms with E-state index in [0.29, 0.717) is 0 Å². The van der Waals surface area contributed by atoms with Crippen LogP contribution in [0, 0.1) is 0 Å². The third-order valence-electron chi connectivity index (χ3n) is 0.556. The van der Waals surface area contributed by atoms with Crippen molar-refractivity contribution in [3.05, 3.63) is 30.3 Å². The molecule has 0 spiro atoms. The van der Waals surface area contributed by atoms with Crippen molar-refractivity contribution in [1.82, 2.24) is 0 Å². The van der Waals surface area contributed by atoms with Crippen LogP contribution < -0.4 is 0 Å². The second-order valence-corrected chi connectivity index (χ2v) is 0.962. The summed E-state index contributed by atoms with van der Waals surface area (Å²) in [6.45, 7) is 0. The van der Waals surface area contributed by atoms with Gasteiger partial charge in [0.25, 0.3) is 0 Å². The van der Waals surface area contributed by atoms with Crippen LogP contribution in [0.3, 0.4) is 0 Å². The van der Waals surface area contributed by atoms with Gasteiger partial charge in [-0.2, -0.15) is 18.2 Å². The zero-order valence-electron chi connectivity index (χ0n) is 4.56. The first-order valence-electron chi connectivity index (χ1n) is 1.85. The molecule has 0 bridgehead atoms. The maximum absolute atomic E-state index is 8.19. The molecule has 1 aromatic carbocycles. The van der Waals surface area contributed by atoms with Crippen LogP contribution in [0.1, 0.15) is 0 Å². The van der Waals surface area contributed by atoms with E-state index in [9.17, 15) is 0 Å². The quantitative estimate of drug-likeness (QED) is 0.593. The molecule has 0 aliphatic heterocycles. The van der Waals surface area contributed by atoms with Crippen molar-refractivity contribution >= 4 is 24.8 Å². The van der Waals surface area contributed by atoms with Crippen LogP contribution in [0.4, 0.5) is 0 Å². The van der Waals surface area contributed by atoms with Crippen LogP contribution in [-0.2, 0) is 21.0 Å². The molecular weight excluding hydrogens is 198 g/mol. The molecule has 0 N–H and O–H groups in total. The first-order valence-corrected chi connectivity index (χ1v) is 2.42. The topological polar surface area (TPSA) is 17.1 Å². The average molecular weight is 205 g/mol. The van der Waals surface area contributed by atoms with E-state index in [1.807, 2.05) is 30.3 Å². The maximum Gasteiger partial charge on any atom is -0.172 e. The number of halogens is 2. The van der Waals surface area contributed by atoms with Crippen molar-refractivity contribution in [1.29, 1.82) is 0 Å². The van der Waals surface area contributed by atoms with Gasteiger partial charge in [-0.15, -0.1) is 24.8 Å². The molecule has 9 heavy (non-hydrogen) atoms. The van der Waals surface area contributed by atoms with Gasteiger partial charge in [0, 0.05) is 0 Å². The first-order chi connectivity index (χ1) is 3.50. The molecule has 53 valence electrons. The van der Waals surface area contributed by atoms with Gasteiger partial charge < -0.3 is 0 Å². The standard InChI is InChI=1S/C5H5.2ClH.O.V/c1-2-4-5-3-1;;;;/h1-5H;2*1H;;/q-1;;;;. The molecule has 0 unspecified atom stereocenters. The summed E-state index contributed by atoms with van der Waals surface area (Å²) in [6, 6.07) is 10.0. The fourth-order valence-corrected chi connectivity index (χ4v) is 0.321. The smallest absolute Gasteiger partial charge is 0.172 e. The Morgan fingerprint density at radius 3 is 1.44 bits per heavy atom. The minimum Gasteiger partial charge on any atom is -0.214 e. The zero-order chi connectivity index (χ0) is 5.54. The number of rotatable bonds is 0. The van der Waals surface area contributed by atoms with Gasteiger partial charge in [-0.3, -0.25) is 0 Å². The maximum atomic E-state index is 8.19. The summed E-state index contributed by atoms with van der Waals surface area (Å²) >= 11 is 1.06. The Morgan fingerprint density at radius 1 is 1.00 bits per heavy atom. The van der Waals surface area contributed by atoms with Gasteiger partial charge in [0.2, 0.25) is 0 Å². The predicted octanol–water partition coefficient (Wildman–Crippen LogP) is 2.13. The van der Waals surface area contributed by atoms with E-state index in [1.165, 1.54) is 0 Å². The third kappa shape index (κ3) is 11.7. The molecule has 0 aliphatic rings. The Balaban J connectivity index is -0.0000000836. The SMILES string of the molecule is Cl.Cl.[O]=[V].c1cc[cH-]c1. The van der Waals surface area contributed by atoms with Gasteiger partial charge in [0.15, 0.2) is 0 Å². The van der Waals surface area contributed by atoms with E-state index in [4.69, 9.17) is 3.67 Å². The summed E-state index contributed by atoms with van der Waals surface area (Å²) in [5.74, 6) is 0. The molecule has 0 amide bonds. The summed E-state index contributed by atoms with van der Waals surface area (Å²) in [5.41, 5.74) is 0. The molecule has 0 radical (unpaired) electrons. The Hall–Kier alpha value is 0.314. The van der Waals surface area contributed by atoms with Crippen LogP contribution in [0.5, 0.6) is 0 Å².